The van der Waals surface area contributed by atoms with Crippen LogP contribution in [0.25, 0.3) is 0 Å². The normalized spacial score (nSPS) is 24.6. The summed E-state index contributed by atoms with van der Waals surface area (Å²) in [7, 11) is 0. The van der Waals surface area contributed by atoms with Crippen LogP contribution >= 0.6 is 0 Å². The van der Waals surface area contributed by atoms with Crippen molar-refractivity contribution in [3.63, 3.8) is 0 Å². The van der Waals surface area contributed by atoms with Crippen molar-refractivity contribution < 1.29 is 4.79 Å². The molecule has 0 bridgehead atoms. The lowest BCUT2D eigenvalue weighted by molar-refractivity contribution is -0.110. The summed E-state index contributed by atoms with van der Waals surface area (Å²) in [5, 5.41) is 6.24. The van der Waals surface area contributed by atoms with Gasteiger partial charge in [0.05, 0.1) is 6.04 Å². The van der Waals surface area contributed by atoms with E-state index >= 15 is 0 Å². The molecule has 74 valence electrons. The van der Waals surface area contributed by atoms with Crippen LogP contribution in [0.1, 0.15) is 24.9 Å². The maximum atomic E-state index is 10.5. The molecule has 0 fully saturated rings. The summed E-state index contributed by atoms with van der Waals surface area (Å²) >= 11 is 0. The number of hydrogen-bond acceptors (Lipinski definition) is 2. The molecule has 0 unspecified atom stereocenters. The molecule has 0 aromatic heterocycles. The van der Waals surface area contributed by atoms with Crippen LogP contribution in [0.4, 0.5) is 5.69 Å². The number of benzene rings is 1. The largest absolute Gasteiger partial charge is 0.382 e. The molecular weight excluding hydrogens is 176 g/mol. The van der Waals surface area contributed by atoms with E-state index in [-0.39, 0.29) is 6.04 Å². The molecule has 2 atom stereocenters. The molecule has 14 heavy (non-hydrogen) atoms. The van der Waals surface area contributed by atoms with E-state index in [9.17, 15) is 4.79 Å². The van der Waals surface area contributed by atoms with Gasteiger partial charge in [0.15, 0.2) is 0 Å². The van der Waals surface area contributed by atoms with Gasteiger partial charge in [0.2, 0.25) is 6.41 Å². The van der Waals surface area contributed by atoms with Crippen LogP contribution in [0.3, 0.4) is 0 Å². The van der Waals surface area contributed by atoms with Gasteiger partial charge in [0.25, 0.3) is 0 Å². The number of amides is 1. The van der Waals surface area contributed by atoms with Crippen molar-refractivity contribution in [3.05, 3.63) is 29.8 Å². The molecule has 1 heterocycles. The van der Waals surface area contributed by atoms with Gasteiger partial charge in [-0.3, -0.25) is 4.79 Å². The van der Waals surface area contributed by atoms with E-state index in [1.54, 1.807) is 0 Å². The Hall–Kier alpha value is -1.51. The summed E-state index contributed by atoms with van der Waals surface area (Å²) in [6.07, 6.45) is 1.72. The van der Waals surface area contributed by atoms with Gasteiger partial charge >= 0.3 is 0 Å². The highest BCUT2D eigenvalue weighted by Crippen LogP contribution is 2.31. The average Bonchev–Trinajstić information content (AvgIpc) is 2.18. The van der Waals surface area contributed by atoms with Gasteiger partial charge in [-0.1, -0.05) is 18.2 Å². The first-order chi connectivity index (χ1) is 6.81. The van der Waals surface area contributed by atoms with Crippen LogP contribution in [-0.4, -0.2) is 12.5 Å². The van der Waals surface area contributed by atoms with Crippen LogP contribution in [-0.2, 0) is 4.79 Å². The maximum absolute atomic E-state index is 10.5. The van der Waals surface area contributed by atoms with Crippen molar-refractivity contribution in [2.24, 2.45) is 0 Å². The molecule has 2 rings (SSSR count). The molecule has 0 saturated carbocycles. The van der Waals surface area contributed by atoms with Crippen LogP contribution < -0.4 is 10.6 Å². The number of nitrogens with one attached hydrogen (secondary N) is 2. The summed E-state index contributed by atoms with van der Waals surface area (Å²) in [6.45, 7) is 2.12. The first kappa shape index (κ1) is 9.06. The van der Waals surface area contributed by atoms with Crippen molar-refractivity contribution in [1.82, 2.24) is 5.32 Å². The molecule has 1 aliphatic rings. The van der Waals surface area contributed by atoms with E-state index in [1.165, 1.54) is 5.56 Å². The van der Waals surface area contributed by atoms with Gasteiger partial charge in [-0.25, -0.2) is 0 Å². The predicted molar refractivity (Wildman–Crippen MR) is 56.1 cm³/mol. The molecular formula is C11H14N2O. The zero-order valence-electron chi connectivity index (χ0n) is 8.16. The molecule has 0 spiro atoms. The summed E-state index contributed by atoms with van der Waals surface area (Å²) in [5.41, 5.74) is 2.31. The van der Waals surface area contributed by atoms with E-state index < -0.39 is 0 Å². The summed E-state index contributed by atoms with van der Waals surface area (Å²) in [5.74, 6) is 0. The second-order valence-electron chi connectivity index (χ2n) is 3.71. The van der Waals surface area contributed by atoms with Crippen molar-refractivity contribution >= 4 is 12.1 Å². The third-order valence-electron chi connectivity index (χ3n) is 2.60. The number of hydrogen-bond donors (Lipinski definition) is 2. The quantitative estimate of drug-likeness (QED) is 0.696. The number of carbonyl (C=O) groups is 1. The van der Waals surface area contributed by atoms with Crippen LogP contribution in [0.15, 0.2) is 24.3 Å². The third-order valence-corrected chi connectivity index (χ3v) is 2.60. The Morgan fingerprint density at radius 1 is 1.50 bits per heavy atom. The molecule has 0 aliphatic carbocycles. The molecule has 0 radical (unpaired) electrons. The summed E-state index contributed by atoms with van der Waals surface area (Å²) in [6, 6.07) is 8.65. The van der Waals surface area contributed by atoms with Gasteiger partial charge in [-0.05, 0) is 25.0 Å². The van der Waals surface area contributed by atoms with E-state index in [1.807, 2.05) is 18.2 Å². The highest BCUT2D eigenvalue weighted by atomic mass is 16.1. The molecule has 3 nitrogen and oxygen atoms in total. The first-order valence-electron chi connectivity index (χ1n) is 4.86. The van der Waals surface area contributed by atoms with Crippen molar-refractivity contribution in [1.29, 1.82) is 0 Å². The van der Waals surface area contributed by atoms with Crippen molar-refractivity contribution in [2.75, 3.05) is 5.32 Å². The topological polar surface area (TPSA) is 41.1 Å². The molecule has 1 aromatic rings. The standard InChI is InChI=1S/C11H14N2O/c1-8-6-11(12-7-14)9-4-2-3-5-10(9)13-8/h2-5,7-8,11,13H,6H2,1H3,(H,12,14)/t8-,11+/m0/s1. The highest BCUT2D eigenvalue weighted by molar-refractivity contribution is 5.58. The van der Waals surface area contributed by atoms with Crippen LogP contribution in [0.5, 0.6) is 0 Å². The minimum Gasteiger partial charge on any atom is -0.382 e. The average molecular weight is 190 g/mol. The predicted octanol–water partition coefficient (Wildman–Crippen LogP) is 1.68. The number of para-hydroxylation sites is 1. The Kier molecular flexibility index (Phi) is 2.39. The fourth-order valence-electron chi connectivity index (χ4n) is 1.98. The Balaban J connectivity index is 2.33. The number of anilines is 1. The van der Waals surface area contributed by atoms with E-state index in [4.69, 9.17) is 0 Å². The summed E-state index contributed by atoms with van der Waals surface area (Å²) < 4.78 is 0. The van der Waals surface area contributed by atoms with Gasteiger partial charge in [-0.15, -0.1) is 0 Å². The van der Waals surface area contributed by atoms with Gasteiger partial charge in [0, 0.05) is 11.7 Å². The Morgan fingerprint density at radius 3 is 3.07 bits per heavy atom. The monoisotopic (exact) mass is 190 g/mol. The van der Waals surface area contributed by atoms with Gasteiger partial charge < -0.3 is 10.6 Å². The zero-order valence-corrected chi connectivity index (χ0v) is 8.16. The second-order valence-corrected chi connectivity index (χ2v) is 3.71. The van der Waals surface area contributed by atoms with Crippen LogP contribution in [0, 0.1) is 0 Å². The summed E-state index contributed by atoms with van der Waals surface area (Å²) in [4.78, 5) is 10.5. The molecule has 0 saturated heterocycles. The number of carbonyl (C=O) groups excluding carboxylic acids is 1. The van der Waals surface area contributed by atoms with E-state index in [0.717, 1.165) is 18.5 Å². The Morgan fingerprint density at radius 2 is 2.29 bits per heavy atom. The molecule has 3 heteroatoms. The fourth-order valence-corrected chi connectivity index (χ4v) is 1.98. The number of fused-ring (bicyclic) bond motifs is 1. The lowest BCUT2D eigenvalue weighted by Crippen LogP contribution is -2.32. The first-order valence-corrected chi connectivity index (χ1v) is 4.86. The molecule has 1 aromatic carbocycles. The Bertz CT molecular complexity index is 338. The zero-order chi connectivity index (χ0) is 9.97. The molecule has 1 amide bonds. The minimum atomic E-state index is 0.153. The lowest BCUT2D eigenvalue weighted by Gasteiger charge is -2.30. The fraction of sp³-hybridized carbons (Fsp3) is 0.364. The van der Waals surface area contributed by atoms with E-state index in [0.29, 0.717) is 6.04 Å². The lowest BCUT2D eigenvalue weighted by atomic mass is 9.94. The van der Waals surface area contributed by atoms with Crippen molar-refractivity contribution in [2.45, 2.75) is 25.4 Å². The third kappa shape index (κ3) is 1.58. The second kappa shape index (κ2) is 3.70. The SMILES string of the molecule is C[C@H]1C[C@@H](NC=O)c2ccccc2N1. The van der Waals surface area contributed by atoms with Crippen LogP contribution in [0.2, 0.25) is 0 Å². The molecule has 1 aliphatic heterocycles. The molecule has 2 N–H and O–H groups in total. The van der Waals surface area contributed by atoms with E-state index in [2.05, 4.69) is 23.6 Å². The smallest absolute Gasteiger partial charge is 0.207 e. The minimum absolute atomic E-state index is 0.153. The maximum Gasteiger partial charge on any atom is 0.207 e. The Labute approximate surface area is 83.5 Å². The van der Waals surface area contributed by atoms with Crippen molar-refractivity contribution in [3.8, 4) is 0 Å². The van der Waals surface area contributed by atoms with Gasteiger partial charge in [-0.2, -0.15) is 0 Å². The highest BCUT2D eigenvalue weighted by Gasteiger charge is 2.22. The number of rotatable bonds is 2. The van der Waals surface area contributed by atoms with Gasteiger partial charge in [0.1, 0.15) is 0 Å².